The number of amides is 1. The zero-order chi connectivity index (χ0) is 17.1. The lowest BCUT2D eigenvalue weighted by atomic mass is 10.1. The van der Waals surface area contributed by atoms with Gasteiger partial charge in [0.1, 0.15) is 5.69 Å². The van der Waals surface area contributed by atoms with E-state index in [0.29, 0.717) is 25.4 Å². The number of aryl methyl sites for hydroxylation is 1. The zero-order valence-electron chi connectivity index (χ0n) is 13.6. The first-order chi connectivity index (χ1) is 11.6. The molecule has 0 spiro atoms. The Morgan fingerprint density at radius 1 is 1.29 bits per heavy atom. The largest absolute Gasteiger partial charge is 0.383 e. The Bertz CT molecular complexity index is 852. The predicted octanol–water partition coefficient (Wildman–Crippen LogP) is 4.20. The average Bonchev–Trinajstić information content (AvgIpc) is 3.07. The van der Waals surface area contributed by atoms with Crippen LogP contribution in [0.3, 0.4) is 0 Å². The van der Waals surface area contributed by atoms with Crippen molar-refractivity contribution < 1.29 is 9.53 Å². The summed E-state index contributed by atoms with van der Waals surface area (Å²) >= 11 is 5.17. The second-order valence-electron chi connectivity index (χ2n) is 5.65. The van der Waals surface area contributed by atoms with E-state index in [-0.39, 0.29) is 5.91 Å². The van der Waals surface area contributed by atoms with Crippen LogP contribution in [-0.4, -0.2) is 30.7 Å². The van der Waals surface area contributed by atoms with Gasteiger partial charge in [-0.1, -0.05) is 29.8 Å². The molecule has 0 aliphatic rings. The van der Waals surface area contributed by atoms with Crippen LogP contribution >= 0.6 is 27.3 Å². The van der Waals surface area contributed by atoms with Crippen LogP contribution in [0.15, 0.2) is 40.2 Å². The number of methoxy groups -OCH3 is 1. The van der Waals surface area contributed by atoms with Gasteiger partial charge in [0, 0.05) is 20.2 Å². The zero-order valence-corrected chi connectivity index (χ0v) is 16.0. The third-order valence-corrected chi connectivity index (χ3v) is 5.42. The molecular formula is C18H19BrN2O2S. The molecular weight excluding hydrogens is 388 g/mol. The fourth-order valence-corrected chi connectivity index (χ4v) is 4.17. The summed E-state index contributed by atoms with van der Waals surface area (Å²) in [6.07, 6.45) is 0. The highest BCUT2D eigenvalue weighted by molar-refractivity contribution is 9.11. The van der Waals surface area contributed by atoms with E-state index in [4.69, 9.17) is 4.74 Å². The van der Waals surface area contributed by atoms with Gasteiger partial charge in [0.25, 0.3) is 5.91 Å². The second-order valence-corrected chi connectivity index (χ2v) is 8.11. The minimum Gasteiger partial charge on any atom is -0.383 e. The number of hydrogen-bond acceptors (Lipinski definition) is 3. The third kappa shape index (κ3) is 3.71. The van der Waals surface area contributed by atoms with E-state index in [1.807, 2.05) is 6.07 Å². The molecule has 0 aliphatic heterocycles. The van der Waals surface area contributed by atoms with Gasteiger partial charge in [-0.05, 0) is 40.5 Å². The molecule has 0 fully saturated rings. The smallest absolute Gasteiger partial charge is 0.268 e. The molecule has 3 aromatic rings. The SMILES string of the molecule is COCCNC(=O)c1cc2sc(Br)cc2n1Cc1ccc(C)cc1. The molecule has 126 valence electrons. The van der Waals surface area contributed by atoms with Crippen molar-refractivity contribution in [1.82, 2.24) is 9.88 Å². The van der Waals surface area contributed by atoms with Crippen molar-refractivity contribution in [3.63, 3.8) is 0 Å². The Hall–Kier alpha value is -1.63. The van der Waals surface area contributed by atoms with Crippen molar-refractivity contribution in [1.29, 1.82) is 0 Å². The lowest BCUT2D eigenvalue weighted by Crippen LogP contribution is -2.29. The van der Waals surface area contributed by atoms with Crippen molar-refractivity contribution in [2.24, 2.45) is 0 Å². The molecule has 1 amide bonds. The molecule has 0 saturated carbocycles. The van der Waals surface area contributed by atoms with E-state index in [9.17, 15) is 4.79 Å². The molecule has 1 aromatic carbocycles. The van der Waals surface area contributed by atoms with Crippen molar-refractivity contribution in [2.45, 2.75) is 13.5 Å². The molecule has 0 saturated heterocycles. The first-order valence-corrected chi connectivity index (χ1v) is 9.30. The molecule has 0 bridgehead atoms. The first-order valence-electron chi connectivity index (χ1n) is 7.69. The Morgan fingerprint density at radius 3 is 2.75 bits per heavy atom. The molecule has 4 nitrogen and oxygen atoms in total. The molecule has 2 aromatic heterocycles. The molecule has 24 heavy (non-hydrogen) atoms. The standard InChI is InChI=1S/C18H19BrN2O2S/c1-12-3-5-13(6-4-12)11-21-14-10-17(19)24-16(14)9-15(21)18(22)20-7-8-23-2/h3-6,9-10H,7-8,11H2,1-2H3,(H,20,22). The van der Waals surface area contributed by atoms with Crippen molar-refractivity contribution in [3.8, 4) is 0 Å². The number of nitrogens with zero attached hydrogens (tertiary/aromatic N) is 1. The van der Waals surface area contributed by atoms with Gasteiger partial charge in [0.15, 0.2) is 0 Å². The van der Waals surface area contributed by atoms with Crippen LogP contribution < -0.4 is 5.32 Å². The van der Waals surface area contributed by atoms with E-state index < -0.39 is 0 Å². The summed E-state index contributed by atoms with van der Waals surface area (Å²) < 4.78 is 9.24. The Kier molecular flexibility index (Phi) is 5.38. The summed E-state index contributed by atoms with van der Waals surface area (Å²) in [5.74, 6) is -0.0707. The maximum absolute atomic E-state index is 12.5. The number of benzene rings is 1. The molecule has 3 rings (SSSR count). The molecule has 1 N–H and O–H groups in total. The van der Waals surface area contributed by atoms with Crippen LogP contribution in [0.5, 0.6) is 0 Å². The summed E-state index contributed by atoms with van der Waals surface area (Å²) in [7, 11) is 1.62. The second kappa shape index (κ2) is 7.51. The third-order valence-electron chi connectivity index (χ3n) is 3.85. The van der Waals surface area contributed by atoms with E-state index in [1.54, 1.807) is 18.4 Å². The summed E-state index contributed by atoms with van der Waals surface area (Å²) in [5.41, 5.74) is 4.16. The van der Waals surface area contributed by atoms with Gasteiger partial charge < -0.3 is 14.6 Å². The van der Waals surface area contributed by atoms with Crippen molar-refractivity contribution in [2.75, 3.05) is 20.3 Å². The highest BCUT2D eigenvalue weighted by Crippen LogP contribution is 2.33. The lowest BCUT2D eigenvalue weighted by molar-refractivity contribution is 0.0928. The van der Waals surface area contributed by atoms with Gasteiger partial charge in [0.05, 0.1) is 20.6 Å². The topological polar surface area (TPSA) is 43.3 Å². The lowest BCUT2D eigenvalue weighted by Gasteiger charge is -2.11. The minimum atomic E-state index is -0.0707. The highest BCUT2D eigenvalue weighted by atomic mass is 79.9. The molecule has 2 heterocycles. The fourth-order valence-electron chi connectivity index (χ4n) is 2.60. The van der Waals surface area contributed by atoms with E-state index in [0.717, 1.165) is 14.0 Å². The van der Waals surface area contributed by atoms with Gasteiger partial charge in [-0.15, -0.1) is 11.3 Å². The van der Waals surface area contributed by atoms with Gasteiger partial charge in [-0.3, -0.25) is 4.79 Å². The predicted molar refractivity (Wildman–Crippen MR) is 102 cm³/mol. The molecule has 0 radical (unpaired) electrons. The van der Waals surface area contributed by atoms with Crippen LogP contribution in [0.25, 0.3) is 10.2 Å². The van der Waals surface area contributed by atoms with Crippen molar-refractivity contribution >= 4 is 43.4 Å². The summed E-state index contributed by atoms with van der Waals surface area (Å²) in [5, 5.41) is 2.91. The van der Waals surface area contributed by atoms with Crippen LogP contribution in [-0.2, 0) is 11.3 Å². The van der Waals surface area contributed by atoms with E-state index in [2.05, 4.69) is 63.1 Å². The van der Waals surface area contributed by atoms with Crippen LogP contribution in [0.1, 0.15) is 21.6 Å². The number of aromatic nitrogens is 1. The van der Waals surface area contributed by atoms with Crippen molar-refractivity contribution in [3.05, 3.63) is 57.0 Å². The monoisotopic (exact) mass is 406 g/mol. The summed E-state index contributed by atoms with van der Waals surface area (Å²) in [6, 6.07) is 12.4. The highest BCUT2D eigenvalue weighted by Gasteiger charge is 2.17. The number of fused-ring (bicyclic) bond motifs is 1. The number of ether oxygens (including phenoxy) is 1. The number of halogens is 1. The van der Waals surface area contributed by atoms with Gasteiger partial charge >= 0.3 is 0 Å². The fraction of sp³-hybridized carbons (Fsp3) is 0.278. The van der Waals surface area contributed by atoms with Crippen LogP contribution in [0.2, 0.25) is 0 Å². The number of thiophene rings is 1. The Labute approximate surface area is 153 Å². The maximum atomic E-state index is 12.5. The quantitative estimate of drug-likeness (QED) is 0.623. The normalized spacial score (nSPS) is 11.1. The first kappa shape index (κ1) is 17.2. The minimum absolute atomic E-state index is 0.0707. The van der Waals surface area contributed by atoms with Gasteiger partial charge in [0.2, 0.25) is 0 Å². The maximum Gasteiger partial charge on any atom is 0.268 e. The molecule has 0 aliphatic carbocycles. The Balaban J connectivity index is 1.94. The molecule has 0 unspecified atom stereocenters. The Morgan fingerprint density at radius 2 is 2.04 bits per heavy atom. The molecule has 0 atom stereocenters. The van der Waals surface area contributed by atoms with E-state index in [1.165, 1.54) is 11.1 Å². The molecule has 6 heteroatoms. The number of hydrogen-bond donors (Lipinski definition) is 1. The summed E-state index contributed by atoms with van der Waals surface area (Å²) in [4.78, 5) is 12.5. The van der Waals surface area contributed by atoms with E-state index >= 15 is 0 Å². The number of carbonyl (C=O) groups excluding carboxylic acids is 1. The van der Waals surface area contributed by atoms with Gasteiger partial charge in [-0.2, -0.15) is 0 Å². The number of carbonyl (C=O) groups is 1. The number of rotatable bonds is 6. The summed E-state index contributed by atoms with van der Waals surface area (Å²) in [6.45, 7) is 3.75. The number of nitrogens with one attached hydrogen (secondary N) is 1. The van der Waals surface area contributed by atoms with Crippen LogP contribution in [0.4, 0.5) is 0 Å². The van der Waals surface area contributed by atoms with Gasteiger partial charge in [-0.25, -0.2) is 0 Å². The average molecular weight is 407 g/mol. The van der Waals surface area contributed by atoms with Crippen LogP contribution in [0, 0.1) is 6.92 Å².